The summed E-state index contributed by atoms with van der Waals surface area (Å²) in [5, 5.41) is 0.572. The zero-order chi connectivity index (χ0) is 13.4. The number of hydroxylamine groups is 1. The highest BCUT2D eigenvalue weighted by Crippen LogP contribution is 2.49. The zero-order valence-electron chi connectivity index (χ0n) is 9.31. The molecule has 0 amide bonds. The van der Waals surface area contributed by atoms with Gasteiger partial charge in [0.15, 0.2) is 0 Å². The fraction of sp³-hybridized carbons (Fsp3) is 0.750. The van der Waals surface area contributed by atoms with Gasteiger partial charge in [-0.2, -0.15) is 17.6 Å². The van der Waals surface area contributed by atoms with Crippen LogP contribution in [0.5, 0.6) is 0 Å². The molecular formula is C8H11BrF4N2O2. The summed E-state index contributed by atoms with van der Waals surface area (Å²) in [5.74, 6) is -1.07. The first-order valence-corrected chi connectivity index (χ1v) is 5.55. The highest BCUT2D eigenvalue weighted by molar-refractivity contribution is 9.09. The predicted octanol–water partition coefficient (Wildman–Crippen LogP) is 2.19. The molecule has 0 saturated carbocycles. The molecule has 1 rings (SSSR count). The van der Waals surface area contributed by atoms with Crippen molar-refractivity contribution >= 4 is 15.9 Å². The third-order valence-electron chi connectivity index (χ3n) is 2.47. The van der Waals surface area contributed by atoms with Crippen molar-refractivity contribution in [2.24, 2.45) is 0 Å². The van der Waals surface area contributed by atoms with Gasteiger partial charge in [-0.05, 0) is 0 Å². The second-order valence-corrected chi connectivity index (χ2v) is 3.79. The second-order valence-electron chi connectivity index (χ2n) is 3.23. The van der Waals surface area contributed by atoms with Gasteiger partial charge >= 0.3 is 6.18 Å². The smallest absolute Gasteiger partial charge is 0.349 e. The molecule has 0 spiro atoms. The summed E-state index contributed by atoms with van der Waals surface area (Å²) in [4.78, 5) is 4.57. The van der Waals surface area contributed by atoms with Crippen LogP contribution in [0.1, 0.15) is 0 Å². The molecule has 1 atom stereocenters. The molecule has 1 heterocycles. The molecule has 0 fully saturated rings. The SMILES string of the molecule is CON1N(C)C(F)=C(CBr)C1(OC)C(F)(F)F. The van der Waals surface area contributed by atoms with Crippen molar-refractivity contribution in [1.29, 1.82) is 0 Å². The molecule has 0 N–H and O–H groups in total. The standard InChI is InChI=1S/C8H11BrF4N2O2/c1-14-6(10)5(4-9)7(16-2,8(11,12)13)15(14)17-3/h4H2,1-3H3. The first-order chi connectivity index (χ1) is 7.77. The highest BCUT2D eigenvalue weighted by atomic mass is 79.9. The van der Waals surface area contributed by atoms with Crippen molar-refractivity contribution in [3.8, 4) is 0 Å². The molecule has 0 bridgehead atoms. The molecule has 100 valence electrons. The van der Waals surface area contributed by atoms with Crippen LogP contribution in [-0.2, 0) is 9.57 Å². The third kappa shape index (κ3) is 1.85. The zero-order valence-corrected chi connectivity index (χ0v) is 10.9. The average Bonchev–Trinajstić information content (AvgIpc) is 2.47. The van der Waals surface area contributed by atoms with Gasteiger partial charge in [0.1, 0.15) is 0 Å². The van der Waals surface area contributed by atoms with Gasteiger partial charge in [0.05, 0.1) is 12.7 Å². The van der Waals surface area contributed by atoms with Crippen molar-refractivity contribution in [2.45, 2.75) is 11.9 Å². The topological polar surface area (TPSA) is 24.9 Å². The summed E-state index contributed by atoms with van der Waals surface area (Å²) in [6.07, 6.45) is -4.86. The maximum absolute atomic E-state index is 13.7. The molecule has 1 aliphatic rings. The molecule has 0 saturated heterocycles. The largest absolute Gasteiger partial charge is 0.439 e. The number of hydrogen-bond acceptors (Lipinski definition) is 4. The van der Waals surface area contributed by atoms with Crippen LogP contribution in [0, 0.1) is 0 Å². The van der Waals surface area contributed by atoms with E-state index in [1.807, 2.05) is 0 Å². The number of hydrogen-bond donors (Lipinski definition) is 0. The van der Waals surface area contributed by atoms with Crippen molar-refractivity contribution < 1.29 is 27.1 Å². The summed E-state index contributed by atoms with van der Waals surface area (Å²) in [6.45, 7) is 0. The number of halogens is 5. The van der Waals surface area contributed by atoms with E-state index in [9.17, 15) is 17.6 Å². The van der Waals surface area contributed by atoms with E-state index in [-0.39, 0.29) is 5.33 Å². The minimum atomic E-state index is -4.86. The van der Waals surface area contributed by atoms with Gasteiger partial charge < -0.3 is 4.74 Å². The summed E-state index contributed by atoms with van der Waals surface area (Å²) < 4.78 is 57.6. The van der Waals surface area contributed by atoms with E-state index in [1.54, 1.807) is 0 Å². The van der Waals surface area contributed by atoms with E-state index >= 15 is 0 Å². The molecular weight excluding hydrogens is 312 g/mol. The highest BCUT2D eigenvalue weighted by Gasteiger charge is 2.68. The molecule has 0 aliphatic carbocycles. The Hall–Kier alpha value is -0.380. The first kappa shape index (κ1) is 14.7. The Morgan fingerprint density at radius 3 is 2.18 bits per heavy atom. The van der Waals surface area contributed by atoms with Crippen LogP contribution in [0.25, 0.3) is 0 Å². The Kier molecular flexibility index (Phi) is 4.07. The molecule has 0 aromatic rings. The van der Waals surface area contributed by atoms with Crippen LogP contribution in [0.3, 0.4) is 0 Å². The van der Waals surface area contributed by atoms with Crippen LogP contribution in [-0.4, -0.2) is 48.7 Å². The van der Waals surface area contributed by atoms with E-state index in [4.69, 9.17) is 0 Å². The lowest BCUT2D eigenvalue weighted by Crippen LogP contribution is -2.61. The van der Waals surface area contributed by atoms with Gasteiger partial charge in [0.25, 0.3) is 5.72 Å². The lowest BCUT2D eigenvalue weighted by atomic mass is 10.1. The first-order valence-electron chi connectivity index (χ1n) is 4.42. The second kappa shape index (κ2) is 4.71. The van der Waals surface area contributed by atoms with Crippen LogP contribution in [0.2, 0.25) is 0 Å². The third-order valence-corrected chi connectivity index (χ3v) is 3.03. The summed E-state index contributed by atoms with van der Waals surface area (Å²) in [7, 11) is 2.95. The monoisotopic (exact) mass is 322 g/mol. The quantitative estimate of drug-likeness (QED) is 0.452. The Morgan fingerprint density at radius 2 is 1.88 bits per heavy atom. The van der Waals surface area contributed by atoms with Crippen molar-refractivity contribution in [3.63, 3.8) is 0 Å². The number of alkyl halides is 4. The number of methoxy groups -OCH3 is 1. The Morgan fingerprint density at radius 1 is 1.35 bits per heavy atom. The van der Waals surface area contributed by atoms with E-state index in [1.165, 1.54) is 0 Å². The Bertz CT molecular complexity index is 336. The molecule has 0 aromatic heterocycles. The van der Waals surface area contributed by atoms with Gasteiger partial charge in [-0.15, -0.1) is 0 Å². The minimum absolute atomic E-state index is 0.304. The van der Waals surface area contributed by atoms with Gasteiger partial charge in [-0.1, -0.05) is 21.1 Å². The van der Waals surface area contributed by atoms with Crippen molar-refractivity contribution in [3.05, 3.63) is 11.5 Å². The minimum Gasteiger partial charge on any atom is -0.349 e. The summed E-state index contributed by atoms with van der Waals surface area (Å²) >= 11 is 2.82. The lowest BCUT2D eigenvalue weighted by Gasteiger charge is -2.39. The van der Waals surface area contributed by atoms with Crippen LogP contribution in [0.4, 0.5) is 17.6 Å². The number of hydrazine groups is 1. The van der Waals surface area contributed by atoms with Gasteiger partial charge in [0.2, 0.25) is 5.95 Å². The molecule has 9 heteroatoms. The number of ether oxygens (including phenoxy) is 1. The summed E-state index contributed by atoms with van der Waals surface area (Å²) in [5.41, 5.74) is -3.55. The molecule has 4 nitrogen and oxygen atoms in total. The lowest BCUT2D eigenvalue weighted by molar-refractivity contribution is -0.415. The molecule has 0 aromatic carbocycles. The van der Waals surface area contributed by atoms with E-state index in [0.717, 1.165) is 21.3 Å². The molecule has 17 heavy (non-hydrogen) atoms. The van der Waals surface area contributed by atoms with E-state index < -0.39 is 23.4 Å². The van der Waals surface area contributed by atoms with Gasteiger partial charge in [0, 0.05) is 19.5 Å². The average molecular weight is 323 g/mol. The van der Waals surface area contributed by atoms with E-state index in [0.29, 0.717) is 10.2 Å². The van der Waals surface area contributed by atoms with Crippen LogP contribution < -0.4 is 0 Å². The van der Waals surface area contributed by atoms with Gasteiger partial charge in [-0.3, -0.25) is 9.85 Å². The van der Waals surface area contributed by atoms with Crippen molar-refractivity contribution in [1.82, 2.24) is 10.2 Å². The maximum Gasteiger partial charge on any atom is 0.439 e. The molecule has 1 aliphatic heterocycles. The molecule has 1 unspecified atom stereocenters. The summed E-state index contributed by atoms with van der Waals surface area (Å²) in [6, 6.07) is 0. The van der Waals surface area contributed by atoms with Gasteiger partial charge in [-0.25, -0.2) is 0 Å². The Labute approximate surface area is 104 Å². The normalized spacial score (nSPS) is 27.2. The number of rotatable bonds is 3. The van der Waals surface area contributed by atoms with E-state index in [2.05, 4.69) is 25.5 Å². The fourth-order valence-corrected chi connectivity index (χ4v) is 2.35. The van der Waals surface area contributed by atoms with Crippen LogP contribution >= 0.6 is 15.9 Å². The predicted molar refractivity (Wildman–Crippen MR) is 54.3 cm³/mol. The maximum atomic E-state index is 13.7. The van der Waals surface area contributed by atoms with Crippen LogP contribution in [0.15, 0.2) is 11.5 Å². The van der Waals surface area contributed by atoms with Crippen molar-refractivity contribution in [2.75, 3.05) is 26.6 Å². The number of nitrogens with zero attached hydrogens (tertiary/aromatic N) is 2. The molecule has 0 radical (unpaired) electrons. The Balaban J connectivity index is 3.43. The fourth-order valence-electron chi connectivity index (χ4n) is 1.73.